The van der Waals surface area contributed by atoms with E-state index in [-0.39, 0.29) is 6.10 Å². The summed E-state index contributed by atoms with van der Waals surface area (Å²) in [4.78, 5) is 0. The highest BCUT2D eigenvalue weighted by Gasteiger charge is 2.15. The number of methoxy groups -OCH3 is 1. The van der Waals surface area contributed by atoms with Crippen LogP contribution in [0.5, 0.6) is 0 Å². The number of rotatable bonds is 9. The Bertz CT molecular complexity index is 138. The Morgan fingerprint density at radius 3 is 2.33 bits per heavy atom. The number of nitrogens with one attached hydrogen (secondary N) is 1. The van der Waals surface area contributed by atoms with Gasteiger partial charge in [0.05, 0.1) is 6.10 Å². The van der Waals surface area contributed by atoms with Gasteiger partial charge in [-0.25, -0.2) is 0 Å². The predicted octanol–water partition coefficient (Wildman–Crippen LogP) is 1.80. The van der Waals surface area contributed by atoms with E-state index in [1.807, 2.05) is 0 Å². The van der Waals surface area contributed by atoms with Crippen LogP contribution in [-0.4, -0.2) is 37.5 Å². The molecule has 0 aromatic rings. The lowest BCUT2D eigenvalue weighted by molar-refractivity contribution is 0.0965. The maximum Gasteiger partial charge on any atom is 0.0692 e. The topological polar surface area (TPSA) is 41.5 Å². The molecule has 0 saturated heterocycles. The minimum absolute atomic E-state index is 0.218. The van der Waals surface area contributed by atoms with Crippen molar-refractivity contribution < 1.29 is 9.84 Å². The van der Waals surface area contributed by atoms with Gasteiger partial charge in [-0.05, 0) is 19.3 Å². The highest BCUT2D eigenvalue weighted by molar-refractivity contribution is 4.71. The summed E-state index contributed by atoms with van der Waals surface area (Å²) in [5, 5.41) is 13.2. The Morgan fingerprint density at radius 1 is 1.27 bits per heavy atom. The lowest BCUT2D eigenvalue weighted by atomic mass is 9.96. The number of ether oxygens (including phenoxy) is 1. The Morgan fingerprint density at radius 2 is 1.87 bits per heavy atom. The second-order valence-electron chi connectivity index (χ2n) is 4.23. The summed E-state index contributed by atoms with van der Waals surface area (Å²) in [6.45, 7) is 7.85. The third kappa shape index (κ3) is 6.88. The number of hydrogen-bond donors (Lipinski definition) is 2. The van der Waals surface area contributed by atoms with Crippen molar-refractivity contribution in [1.29, 1.82) is 0 Å². The lowest BCUT2D eigenvalue weighted by Crippen LogP contribution is -2.37. The highest BCUT2D eigenvalue weighted by atomic mass is 16.5. The molecule has 0 spiro atoms. The zero-order valence-corrected chi connectivity index (χ0v) is 10.6. The molecule has 3 heteroatoms. The van der Waals surface area contributed by atoms with Gasteiger partial charge in [0, 0.05) is 26.3 Å². The van der Waals surface area contributed by atoms with Crippen molar-refractivity contribution in [1.82, 2.24) is 5.32 Å². The molecule has 0 heterocycles. The van der Waals surface area contributed by atoms with Gasteiger partial charge in [0.25, 0.3) is 0 Å². The summed E-state index contributed by atoms with van der Waals surface area (Å²) < 4.78 is 5.01. The minimum Gasteiger partial charge on any atom is -0.392 e. The maximum absolute atomic E-state index is 9.89. The molecular weight excluding hydrogens is 190 g/mol. The summed E-state index contributed by atoms with van der Waals surface area (Å²) >= 11 is 0. The van der Waals surface area contributed by atoms with Crippen molar-refractivity contribution in [2.45, 2.75) is 52.2 Å². The van der Waals surface area contributed by atoms with Crippen molar-refractivity contribution in [3.05, 3.63) is 0 Å². The molecular formula is C12H27NO2. The normalized spacial score (nSPS) is 15.6. The van der Waals surface area contributed by atoms with Crippen LogP contribution < -0.4 is 5.32 Å². The third-order valence-electron chi connectivity index (χ3n) is 3.02. The molecule has 15 heavy (non-hydrogen) atoms. The van der Waals surface area contributed by atoms with Crippen LogP contribution in [0.25, 0.3) is 0 Å². The highest BCUT2D eigenvalue weighted by Crippen LogP contribution is 2.12. The lowest BCUT2D eigenvalue weighted by Gasteiger charge is -2.22. The van der Waals surface area contributed by atoms with Crippen molar-refractivity contribution in [2.75, 3.05) is 20.3 Å². The molecule has 0 rings (SSSR count). The van der Waals surface area contributed by atoms with E-state index in [1.165, 1.54) is 0 Å². The van der Waals surface area contributed by atoms with Gasteiger partial charge in [0.1, 0.15) is 0 Å². The SMILES string of the molecule is CCC(CC)C(O)CNC(C)CCOC. The molecule has 3 nitrogen and oxygen atoms in total. The van der Waals surface area contributed by atoms with Gasteiger partial charge in [-0.15, -0.1) is 0 Å². The predicted molar refractivity (Wildman–Crippen MR) is 64.0 cm³/mol. The van der Waals surface area contributed by atoms with Gasteiger partial charge in [-0.2, -0.15) is 0 Å². The maximum atomic E-state index is 9.89. The first-order chi connectivity index (χ1) is 7.15. The smallest absolute Gasteiger partial charge is 0.0692 e. The molecule has 0 aliphatic carbocycles. The Balaban J connectivity index is 3.63. The molecule has 0 aliphatic heterocycles. The molecule has 2 unspecified atom stereocenters. The average molecular weight is 217 g/mol. The summed E-state index contributed by atoms with van der Waals surface area (Å²) in [6.07, 6.45) is 2.87. The minimum atomic E-state index is -0.218. The molecule has 0 saturated carbocycles. The second kappa shape index (κ2) is 9.13. The van der Waals surface area contributed by atoms with Crippen LogP contribution in [0.4, 0.5) is 0 Å². The van der Waals surface area contributed by atoms with Crippen LogP contribution in [0.2, 0.25) is 0 Å². The van der Waals surface area contributed by atoms with E-state index in [4.69, 9.17) is 4.74 Å². The van der Waals surface area contributed by atoms with E-state index in [9.17, 15) is 5.11 Å². The summed E-state index contributed by atoms with van der Waals surface area (Å²) in [7, 11) is 1.71. The van der Waals surface area contributed by atoms with Crippen molar-refractivity contribution in [2.24, 2.45) is 5.92 Å². The van der Waals surface area contributed by atoms with Crippen LogP contribution in [-0.2, 0) is 4.74 Å². The number of aliphatic hydroxyl groups is 1. The van der Waals surface area contributed by atoms with Gasteiger partial charge < -0.3 is 15.2 Å². The van der Waals surface area contributed by atoms with E-state index in [2.05, 4.69) is 26.1 Å². The number of hydrogen-bond acceptors (Lipinski definition) is 3. The quantitative estimate of drug-likeness (QED) is 0.619. The Hall–Kier alpha value is -0.120. The number of aliphatic hydroxyl groups excluding tert-OH is 1. The zero-order chi connectivity index (χ0) is 11.7. The van der Waals surface area contributed by atoms with Crippen molar-refractivity contribution >= 4 is 0 Å². The zero-order valence-electron chi connectivity index (χ0n) is 10.6. The van der Waals surface area contributed by atoms with Gasteiger partial charge >= 0.3 is 0 Å². The molecule has 0 aliphatic rings. The van der Waals surface area contributed by atoms with E-state index in [0.29, 0.717) is 18.5 Å². The first-order valence-electron chi connectivity index (χ1n) is 6.06. The molecule has 0 bridgehead atoms. The molecule has 0 amide bonds. The van der Waals surface area contributed by atoms with E-state index >= 15 is 0 Å². The first-order valence-corrected chi connectivity index (χ1v) is 6.06. The van der Waals surface area contributed by atoms with Crippen molar-refractivity contribution in [3.8, 4) is 0 Å². The monoisotopic (exact) mass is 217 g/mol. The van der Waals surface area contributed by atoms with Crippen LogP contribution in [0.3, 0.4) is 0 Å². The van der Waals surface area contributed by atoms with Gasteiger partial charge in [0.2, 0.25) is 0 Å². The second-order valence-corrected chi connectivity index (χ2v) is 4.23. The standard InChI is InChI=1S/C12H27NO2/c1-5-11(6-2)12(14)9-13-10(3)7-8-15-4/h10-14H,5-9H2,1-4H3. The first kappa shape index (κ1) is 14.9. The molecule has 0 fully saturated rings. The van der Waals surface area contributed by atoms with Crippen LogP contribution in [0.1, 0.15) is 40.0 Å². The fraction of sp³-hybridized carbons (Fsp3) is 1.00. The largest absolute Gasteiger partial charge is 0.392 e. The van der Waals surface area contributed by atoms with Gasteiger partial charge in [0.15, 0.2) is 0 Å². The Labute approximate surface area is 94.2 Å². The third-order valence-corrected chi connectivity index (χ3v) is 3.02. The molecule has 0 radical (unpaired) electrons. The van der Waals surface area contributed by atoms with Crippen LogP contribution in [0.15, 0.2) is 0 Å². The summed E-state index contributed by atoms with van der Waals surface area (Å²) in [6, 6.07) is 0.411. The van der Waals surface area contributed by atoms with E-state index in [0.717, 1.165) is 25.9 Å². The fourth-order valence-electron chi connectivity index (χ4n) is 1.72. The molecule has 0 aromatic heterocycles. The van der Waals surface area contributed by atoms with E-state index in [1.54, 1.807) is 7.11 Å². The Kier molecular flexibility index (Phi) is 9.06. The molecule has 0 aromatic carbocycles. The summed E-state index contributed by atoms with van der Waals surface area (Å²) in [5.41, 5.74) is 0. The molecule has 2 atom stereocenters. The average Bonchev–Trinajstić information content (AvgIpc) is 2.25. The van der Waals surface area contributed by atoms with Crippen LogP contribution in [0, 0.1) is 5.92 Å². The molecule has 2 N–H and O–H groups in total. The van der Waals surface area contributed by atoms with Crippen LogP contribution >= 0.6 is 0 Å². The van der Waals surface area contributed by atoms with Gasteiger partial charge in [-0.3, -0.25) is 0 Å². The van der Waals surface area contributed by atoms with E-state index < -0.39 is 0 Å². The van der Waals surface area contributed by atoms with Gasteiger partial charge in [-0.1, -0.05) is 26.7 Å². The summed E-state index contributed by atoms with van der Waals surface area (Å²) in [5.74, 6) is 0.423. The van der Waals surface area contributed by atoms with Crippen molar-refractivity contribution in [3.63, 3.8) is 0 Å². The fourth-order valence-corrected chi connectivity index (χ4v) is 1.72. The molecule has 92 valence electrons.